The summed E-state index contributed by atoms with van der Waals surface area (Å²) in [4.78, 5) is 12.8. The average Bonchev–Trinajstić information content (AvgIpc) is 3.40. The van der Waals surface area contributed by atoms with E-state index in [2.05, 4.69) is 58.0 Å². The van der Waals surface area contributed by atoms with Crippen LogP contribution in [0, 0.1) is 0 Å². The predicted octanol–water partition coefficient (Wildman–Crippen LogP) is 5.70. The summed E-state index contributed by atoms with van der Waals surface area (Å²) in [5, 5.41) is 12.4. The summed E-state index contributed by atoms with van der Waals surface area (Å²) in [5.41, 5.74) is 6.99. The van der Waals surface area contributed by atoms with Crippen LogP contribution >= 0.6 is 23.1 Å². The quantitative estimate of drug-likeness (QED) is 0.266. The molecular formula is C24H19N3OS2. The number of hydrogen-bond acceptors (Lipinski definition) is 6. The highest BCUT2D eigenvalue weighted by Gasteiger charge is 2.19. The lowest BCUT2D eigenvalue weighted by atomic mass is 10.0. The van der Waals surface area contributed by atoms with Gasteiger partial charge in [-0.3, -0.25) is 4.79 Å². The van der Waals surface area contributed by atoms with Gasteiger partial charge in [0.05, 0.1) is 5.75 Å². The molecule has 5 rings (SSSR count). The number of Topliss-reactive ketones (excluding diaryl/α,β-unsaturated/α-hetero) is 1. The maximum absolute atomic E-state index is 12.8. The summed E-state index contributed by atoms with van der Waals surface area (Å²) >= 11 is 2.92. The van der Waals surface area contributed by atoms with Gasteiger partial charge in [-0.25, -0.2) is 0 Å². The van der Waals surface area contributed by atoms with Crippen molar-refractivity contribution in [3.63, 3.8) is 0 Å². The summed E-state index contributed by atoms with van der Waals surface area (Å²) < 4.78 is 0.797. The number of nitrogens with one attached hydrogen (secondary N) is 1. The maximum Gasteiger partial charge on any atom is 0.206 e. The van der Waals surface area contributed by atoms with Gasteiger partial charge in [-0.2, -0.15) is 0 Å². The molecule has 1 N–H and O–H groups in total. The number of fused-ring (bicyclic) bond motifs is 3. The van der Waals surface area contributed by atoms with Gasteiger partial charge in [0, 0.05) is 12.1 Å². The van der Waals surface area contributed by atoms with E-state index in [9.17, 15) is 4.79 Å². The Morgan fingerprint density at radius 1 is 0.933 bits per heavy atom. The van der Waals surface area contributed by atoms with E-state index in [0.29, 0.717) is 12.3 Å². The summed E-state index contributed by atoms with van der Waals surface area (Å²) in [6, 6.07) is 24.6. The molecule has 0 fully saturated rings. The third-order valence-corrected chi connectivity index (χ3v) is 7.15. The van der Waals surface area contributed by atoms with Gasteiger partial charge in [0.2, 0.25) is 5.13 Å². The van der Waals surface area contributed by atoms with E-state index >= 15 is 0 Å². The largest absolute Gasteiger partial charge is 0.356 e. The predicted molar refractivity (Wildman–Crippen MR) is 123 cm³/mol. The summed E-state index contributed by atoms with van der Waals surface area (Å²) in [5.74, 6) is 0.467. The fourth-order valence-corrected chi connectivity index (χ4v) is 5.26. The minimum atomic E-state index is 0.112. The zero-order valence-corrected chi connectivity index (χ0v) is 17.8. The zero-order valence-electron chi connectivity index (χ0n) is 16.2. The average molecular weight is 430 g/mol. The summed E-state index contributed by atoms with van der Waals surface area (Å²) in [6.45, 7) is 0.704. The van der Waals surface area contributed by atoms with Gasteiger partial charge in [0.25, 0.3) is 0 Å². The Kier molecular flexibility index (Phi) is 5.34. The zero-order chi connectivity index (χ0) is 20.3. The number of nitrogens with zero attached hydrogens (tertiary/aromatic N) is 2. The highest BCUT2D eigenvalue weighted by atomic mass is 32.2. The molecule has 1 aliphatic carbocycles. The number of carbonyl (C=O) groups is 1. The normalized spacial score (nSPS) is 11.7. The molecule has 0 aliphatic heterocycles. The molecule has 1 heterocycles. The molecule has 4 nitrogen and oxygen atoms in total. The number of thioether (sulfide) groups is 1. The van der Waals surface area contributed by atoms with Crippen molar-refractivity contribution in [2.24, 2.45) is 0 Å². The topological polar surface area (TPSA) is 54.9 Å². The van der Waals surface area contributed by atoms with Crippen LogP contribution in [0.4, 0.5) is 5.13 Å². The number of hydrogen-bond donors (Lipinski definition) is 1. The molecule has 148 valence electrons. The van der Waals surface area contributed by atoms with Gasteiger partial charge in [-0.05, 0) is 40.3 Å². The van der Waals surface area contributed by atoms with Crippen molar-refractivity contribution in [3.8, 4) is 11.1 Å². The van der Waals surface area contributed by atoms with E-state index in [-0.39, 0.29) is 5.78 Å². The molecule has 0 unspecified atom stereocenters. The minimum Gasteiger partial charge on any atom is -0.356 e. The van der Waals surface area contributed by atoms with Crippen LogP contribution in [0.25, 0.3) is 11.1 Å². The lowest BCUT2D eigenvalue weighted by Gasteiger charge is -2.05. The first-order valence-electron chi connectivity index (χ1n) is 9.75. The summed E-state index contributed by atoms with van der Waals surface area (Å²) in [6.07, 6.45) is 0.943. The number of ketones is 1. The van der Waals surface area contributed by atoms with E-state index < -0.39 is 0 Å². The van der Waals surface area contributed by atoms with Gasteiger partial charge in [0.15, 0.2) is 10.1 Å². The molecule has 0 amide bonds. The third-order valence-electron chi connectivity index (χ3n) is 5.14. The second kappa shape index (κ2) is 8.42. The van der Waals surface area contributed by atoms with Crippen molar-refractivity contribution in [1.82, 2.24) is 10.2 Å². The Hall–Kier alpha value is -2.96. The highest BCUT2D eigenvalue weighted by molar-refractivity contribution is 8.01. The lowest BCUT2D eigenvalue weighted by molar-refractivity contribution is 0.102. The van der Waals surface area contributed by atoms with Crippen molar-refractivity contribution >= 4 is 34.0 Å². The molecule has 0 saturated carbocycles. The van der Waals surface area contributed by atoms with Crippen LogP contribution in [-0.4, -0.2) is 21.7 Å². The number of benzene rings is 3. The second-order valence-corrected chi connectivity index (χ2v) is 9.33. The molecule has 1 aliphatic rings. The monoisotopic (exact) mass is 429 g/mol. The van der Waals surface area contributed by atoms with E-state index in [0.717, 1.165) is 21.5 Å². The van der Waals surface area contributed by atoms with Crippen molar-refractivity contribution in [2.75, 3.05) is 11.1 Å². The molecule has 4 aromatic rings. The SMILES string of the molecule is O=C(CSc1nnc(NCc2ccccc2)s1)c1ccc2c(c1)-c1ccccc1C2. The lowest BCUT2D eigenvalue weighted by Crippen LogP contribution is -2.02. The van der Waals surface area contributed by atoms with Crippen molar-refractivity contribution in [1.29, 1.82) is 0 Å². The Bertz CT molecular complexity index is 1200. The fourth-order valence-electron chi connectivity index (χ4n) is 3.62. The van der Waals surface area contributed by atoms with Crippen LogP contribution in [0.2, 0.25) is 0 Å². The van der Waals surface area contributed by atoms with Crippen molar-refractivity contribution < 1.29 is 4.79 Å². The molecule has 0 radical (unpaired) electrons. The number of rotatable bonds is 7. The molecule has 0 saturated heterocycles. The molecular weight excluding hydrogens is 410 g/mol. The smallest absolute Gasteiger partial charge is 0.206 e. The number of aromatic nitrogens is 2. The van der Waals surface area contributed by atoms with Crippen molar-refractivity contribution in [2.45, 2.75) is 17.3 Å². The molecule has 1 aromatic heterocycles. The van der Waals surface area contributed by atoms with Crippen LogP contribution in [0.5, 0.6) is 0 Å². The van der Waals surface area contributed by atoms with Crippen LogP contribution in [0.15, 0.2) is 77.1 Å². The first-order valence-corrected chi connectivity index (χ1v) is 11.5. The van der Waals surface area contributed by atoms with Gasteiger partial charge < -0.3 is 5.32 Å². The minimum absolute atomic E-state index is 0.112. The van der Waals surface area contributed by atoms with Crippen LogP contribution < -0.4 is 5.32 Å². The molecule has 0 bridgehead atoms. The summed E-state index contributed by atoms with van der Waals surface area (Å²) in [7, 11) is 0. The molecule has 3 aromatic carbocycles. The Labute approximate surface area is 183 Å². The Balaban J connectivity index is 1.21. The van der Waals surface area contributed by atoms with Gasteiger partial charge in [-0.15, -0.1) is 10.2 Å². The first kappa shape index (κ1) is 19.0. The molecule has 0 atom stereocenters. The van der Waals surface area contributed by atoms with E-state index in [1.54, 1.807) is 0 Å². The van der Waals surface area contributed by atoms with E-state index in [1.807, 2.05) is 30.3 Å². The first-order chi connectivity index (χ1) is 14.8. The molecule has 6 heteroatoms. The molecule has 30 heavy (non-hydrogen) atoms. The van der Waals surface area contributed by atoms with E-state index in [1.165, 1.54) is 50.9 Å². The van der Waals surface area contributed by atoms with E-state index in [4.69, 9.17) is 0 Å². The van der Waals surface area contributed by atoms with Gasteiger partial charge in [0.1, 0.15) is 0 Å². The number of carbonyl (C=O) groups excluding carboxylic acids is 1. The standard InChI is InChI=1S/C24H19N3OS2/c28-22(19-11-10-18-12-17-8-4-5-9-20(17)21(18)13-19)15-29-24-27-26-23(30-24)25-14-16-6-2-1-3-7-16/h1-11,13H,12,14-15H2,(H,25,26). The van der Waals surface area contributed by atoms with Crippen LogP contribution in [0.3, 0.4) is 0 Å². The Morgan fingerprint density at radius 3 is 2.63 bits per heavy atom. The van der Waals surface area contributed by atoms with Crippen molar-refractivity contribution in [3.05, 3.63) is 95.1 Å². The third kappa shape index (κ3) is 4.01. The molecule has 0 spiro atoms. The Morgan fingerprint density at radius 2 is 1.73 bits per heavy atom. The fraction of sp³-hybridized carbons (Fsp3) is 0.125. The van der Waals surface area contributed by atoms with Crippen LogP contribution in [-0.2, 0) is 13.0 Å². The second-order valence-electron chi connectivity index (χ2n) is 7.13. The number of anilines is 1. The van der Waals surface area contributed by atoms with Gasteiger partial charge in [-0.1, -0.05) is 89.8 Å². The maximum atomic E-state index is 12.8. The highest BCUT2D eigenvalue weighted by Crippen LogP contribution is 2.37. The van der Waals surface area contributed by atoms with Gasteiger partial charge >= 0.3 is 0 Å². The van der Waals surface area contributed by atoms with Crippen LogP contribution in [0.1, 0.15) is 27.0 Å².